The third-order valence-corrected chi connectivity index (χ3v) is 4.54. The molecule has 0 fully saturated rings. The summed E-state index contributed by atoms with van der Waals surface area (Å²) in [4.78, 5) is 11.3. The molecule has 0 spiro atoms. The van der Waals surface area contributed by atoms with Gasteiger partial charge in [0.1, 0.15) is 11.6 Å². The number of carbonyl (C=O) groups is 1. The lowest BCUT2D eigenvalue weighted by atomic mass is 10.1. The molecule has 1 aromatic heterocycles. The van der Waals surface area contributed by atoms with Gasteiger partial charge in [-0.3, -0.25) is 0 Å². The van der Waals surface area contributed by atoms with Crippen LogP contribution in [-0.2, 0) is 0 Å². The fourth-order valence-corrected chi connectivity index (χ4v) is 3.16. The Balaban J connectivity index is 2.16. The molecule has 6 heteroatoms. The minimum Gasteiger partial charge on any atom is -0.493 e. The monoisotopic (exact) mass is 401 g/mol. The molecule has 3 aromatic rings. The van der Waals surface area contributed by atoms with Crippen LogP contribution in [0.4, 0.5) is 4.39 Å². The van der Waals surface area contributed by atoms with Crippen LogP contribution in [0, 0.1) is 18.7 Å². The van der Waals surface area contributed by atoms with Crippen LogP contribution in [-0.4, -0.2) is 22.2 Å². The Labute approximate surface area is 168 Å². The Bertz CT molecular complexity index is 1030. The lowest BCUT2D eigenvalue weighted by Gasteiger charge is -2.17. The zero-order valence-corrected chi connectivity index (χ0v) is 16.6. The van der Waals surface area contributed by atoms with Gasteiger partial charge in [-0.25, -0.2) is 9.18 Å². The highest BCUT2D eigenvalue weighted by Gasteiger charge is 2.18. The summed E-state index contributed by atoms with van der Waals surface area (Å²) < 4.78 is 21.7. The molecular weight excluding hydrogens is 381 g/mol. The van der Waals surface area contributed by atoms with Crippen molar-refractivity contribution in [2.24, 2.45) is 5.92 Å². The number of aryl methyl sites for hydroxylation is 1. The van der Waals surface area contributed by atoms with Crippen molar-refractivity contribution in [3.63, 3.8) is 0 Å². The second-order valence-electron chi connectivity index (χ2n) is 7.01. The van der Waals surface area contributed by atoms with Crippen LogP contribution in [0.25, 0.3) is 16.9 Å². The number of halogens is 2. The van der Waals surface area contributed by atoms with E-state index in [2.05, 4.69) is 13.8 Å². The first-order valence-electron chi connectivity index (χ1n) is 8.92. The van der Waals surface area contributed by atoms with Gasteiger partial charge in [0.2, 0.25) is 0 Å². The smallest absolute Gasteiger partial charge is 0.338 e. The number of rotatable bonds is 6. The first-order valence-corrected chi connectivity index (χ1v) is 9.30. The molecular formula is C22H21ClFNO3. The molecule has 28 heavy (non-hydrogen) atoms. The van der Waals surface area contributed by atoms with E-state index >= 15 is 0 Å². The zero-order chi connectivity index (χ0) is 20.4. The standard InChI is InChI=1S/C22H21ClFNO3/c1-13(2)12-28-21-9-5-15(23)10-18(21)20-8-4-14(3)25(20)16-6-7-19(24)17(11-16)22(26)27/h4-11,13H,12H2,1-3H3,(H,26,27). The topological polar surface area (TPSA) is 51.5 Å². The average Bonchev–Trinajstić information content (AvgIpc) is 3.02. The van der Waals surface area contributed by atoms with Crippen LogP contribution in [0.2, 0.25) is 5.02 Å². The highest BCUT2D eigenvalue weighted by atomic mass is 35.5. The number of aromatic nitrogens is 1. The normalized spacial score (nSPS) is 11.1. The summed E-state index contributed by atoms with van der Waals surface area (Å²) in [5, 5.41) is 9.82. The summed E-state index contributed by atoms with van der Waals surface area (Å²) in [6, 6.07) is 13.3. The molecule has 3 rings (SSSR count). The lowest BCUT2D eigenvalue weighted by molar-refractivity contribution is 0.0692. The van der Waals surface area contributed by atoms with Crippen molar-refractivity contribution in [1.29, 1.82) is 0 Å². The van der Waals surface area contributed by atoms with Gasteiger partial charge < -0.3 is 14.4 Å². The van der Waals surface area contributed by atoms with Gasteiger partial charge in [-0.05, 0) is 61.4 Å². The van der Waals surface area contributed by atoms with Gasteiger partial charge in [0.15, 0.2) is 0 Å². The predicted molar refractivity (Wildman–Crippen MR) is 108 cm³/mol. The summed E-state index contributed by atoms with van der Waals surface area (Å²) in [6.07, 6.45) is 0. The minimum atomic E-state index is -1.31. The summed E-state index contributed by atoms with van der Waals surface area (Å²) in [5.74, 6) is -1.05. The minimum absolute atomic E-state index is 0.354. The fraction of sp³-hybridized carbons (Fsp3) is 0.227. The van der Waals surface area contributed by atoms with E-state index in [0.29, 0.717) is 29.0 Å². The second kappa shape index (κ2) is 8.07. The van der Waals surface area contributed by atoms with Crippen LogP contribution in [0.1, 0.15) is 29.9 Å². The van der Waals surface area contributed by atoms with E-state index < -0.39 is 11.8 Å². The number of carboxylic acids is 1. The lowest BCUT2D eigenvalue weighted by Crippen LogP contribution is -2.07. The van der Waals surface area contributed by atoms with Gasteiger partial charge in [0.05, 0.1) is 17.9 Å². The fourth-order valence-electron chi connectivity index (χ4n) is 2.99. The Kier molecular flexibility index (Phi) is 5.75. The maximum atomic E-state index is 13.9. The molecule has 0 bridgehead atoms. The highest BCUT2D eigenvalue weighted by Crippen LogP contribution is 2.36. The van der Waals surface area contributed by atoms with Crippen molar-refractivity contribution < 1.29 is 19.0 Å². The van der Waals surface area contributed by atoms with Gasteiger partial charge in [-0.1, -0.05) is 25.4 Å². The van der Waals surface area contributed by atoms with Crippen molar-refractivity contribution in [3.05, 3.63) is 70.6 Å². The molecule has 0 saturated heterocycles. The summed E-state index contributed by atoms with van der Waals surface area (Å²) >= 11 is 6.23. The molecule has 0 aliphatic rings. The van der Waals surface area contributed by atoms with E-state index in [-0.39, 0.29) is 5.56 Å². The van der Waals surface area contributed by atoms with Crippen molar-refractivity contribution in [1.82, 2.24) is 4.57 Å². The van der Waals surface area contributed by atoms with Crippen LogP contribution in [0.15, 0.2) is 48.5 Å². The van der Waals surface area contributed by atoms with E-state index in [1.54, 1.807) is 12.1 Å². The van der Waals surface area contributed by atoms with Crippen molar-refractivity contribution in [3.8, 4) is 22.7 Å². The van der Waals surface area contributed by atoms with Gasteiger partial charge >= 0.3 is 5.97 Å². The van der Waals surface area contributed by atoms with Crippen LogP contribution < -0.4 is 4.74 Å². The van der Waals surface area contributed by atoms with Crippen LogP contribution in [0.5, 0.6) is 5.75 Å². The van der Waals surface area contributed by atoms with E-state index in [1.165, 1.54) is 6.07 Å². The molecule has 4 nitrogen and oxygen atoms in total. The molecule has 146 valence electrons. The van der Waals surface area contributed by atoms with E-state index in [9.17, 15) is 14.3 Å². The average molecular weight is 402 g/mol. The van der Waals surface area contributed by atoms with Crippen molar-refractivity contribution in [2.75, 3.05) is 6.61 Å². The number of nitrogens with zero attached hydrogens (tertiary/aromatic N) is 1. The number of ether oxygens (including phenoxy) is 1. The summed E-state index contributed by atoms with van der Waals surface area (Å²) in [5.41, 5.74) is 2.60. The SMILES string of the molecule is Cc1ccc(-c2cc(Cl)ccc2OCC(C)C)n1-c1ccc(F)c(C(=O)O)c1. The summed E-state index contributed by atoms with van der Waals surface area (Å²) in [7, 11) is 0. The van der Waals surface area contributed by atoms with Crippen molar-refractivity contribution in [2.45, 2.75) is 20.8 Å². The maximum absolute atomic E-state index is 13.9. The molecule has 0 amide bonds. The molecule has 1 N–H and O–H groups in total. The number of hydrogen-bond donors (Lipinski definition) is 1. The van der Waals surface area contributed by atoms with E-state index in [1.807, 2.05) is 35.8 Å². The Morgan fingerprint density at radius 2 is 1.93 bits per heavy atom. The molecule has 0 saturated carbocycles. The molecule has 0 aliphatic carbocycles. The molecule has 0 aliphatic heterocycles. The Morgan fingerprint density at radius 3 is 2.61 bits per heavy atom. The van der Waals surface area contributed by atoms with E-state index in [0.717, 1.165) is 23.0 Å². The molecule has 0 unspecified atom stereocenters. The number of aromatic carboxylic acids is 1. The first kappa shape index (κ1) is 20.0. The molecule has 0 atom stereocenters. The number of carboxylic acid groups (broad SMARTS) is 1. The van der Waals surface area contributed by atoms with Gasteiger partial charge in [-0.2, -0.15) is 0 Å². The molecule has 0 radical (unpaired) electrons. The molecule has 2 aromatic carbocycles. The van der Waals surface area contributed by atoms with Crippen molar-refractivity contribution >= 4 is 17.6 Å². The predicted octanol–water partition coefficient (Wildman–Crippen LogP) is 5.98. The zero-order valence-electron chi connectivity index (χ0n) is 15.9. The quantitative estimate of drug-likeness (QED) is 0.552. The van der Waals surface area contributed by atoms with Gasteiger partial charge in [0, 0.05) is 22.0 Å². The Hall–Kier alpha value is -2.79. The van der Waals surface area contributed by atoms with Gasteiger partial charge in [0.25, 0.3) is 0 Å². The third kappa shape index (κ3) is 4.04. The van der Waals surface area contributed by atoms with Crippen LogP contribution >= 0.6 is 11.6 Å². The highest BCUT2D eigenvalue weighted by molar-refractivity contribution is 6.31. The number of benzene rings is 2. The van der Waals surface area contributed by atoms with Gasteiger partial charge in [-0.15, -0.1) is 0 Å². The number of hydrogen-bond acceptors (Lipinski definition) is 2. The summed E-state index contributed by atoms with van der Waals surface area (Å²) in [6.45, 7) is 6.57. The second-order valence-corrected chi connectivity index (χ2v) is 7.45. The maximum Gasteiger partial charge on any atom is 0.338 e. The third-order valence-electron chi connectivity index (χ3n) is 4.30. The van der Waals surface area contributed by atoms with E-state index in [4.69, 9.17) is 16.3 Å². The Morgan fingerprint density at radius 1 is 1.18 bits per heavy atom. The van der Waals surface area contributed by atoms with Crippen LogP contribution in [0.3, 0.4) is 0 Å². The largest absolute Gasteiger partial charge is 0.493 e. The first-order chi connectivity index (χ1) is 13.3. The molecule has 1 heterocycles.